The quantitative estimate of drug-likeness (QED) is 0.683. The molecule has 21 heavy (non-hydrogen) atoms. The summed E-state index contributed by atoms with van der Waals surface area (Å²) in [6, 6.07) is 4.82. The van der Waals surface area contributed by atoms with Crippen LogP contribution in [0.15, 0.2) is 18.2 Å². The summed E-state index contributed by atoms with van der Waals surface area (Å²) in [7, 11) is 0. The molecule has 1 heterocycles. The number of nitrogens with zero attached hydrogens (tertiary/aromatic N) is 2. The van der Waals surface area contributed by atoms with E-state index in [0.29, 0.717) is 30.3 Å². The molecule has 0 saturated carbocycles. The third-order valence-corrected chi connectivity index (χ3v) is 3.85. The molecule has 1 aliphatic rings. The number of nitro benzene ring substituents is 1. The normalized spacial score (nSPS) is 21.4. The van der Waals surface area contributed by atoms with E-state index in [4.69, 9.17) is 0 Å². The van der Waals surface area contributed by atoms with Gasteiger partial charge < -0.3 is 10.2 Å². The molecule has 2 unspecified atom stereocenters. The van der Waals surface area contributed by atoms with Crippen LogP contribution >= 0.6 is 0 Å². The molecule has 6 heteroatoms. The fourth-order valence-corrected chi connectivity index (χ4v) is 2.90. The number of amides is 1. The lowest BCUT2D eigenvalue weighted by molar-refractivity contribution is -0.384. The molecule has 1 aromatic carbocycles. The number of nitrogens with one attached hydrogen (secondary N) is 1. The number of hydrogen-bond donors (Lipinski definition) is 1. The Hall–Kier alpha value is -2.11. The lowest BCUT2D eigenvalue weighted by atomic mass is 10.1. The number of likely N-dealkylation sites (tertiary alicyclic amines) is 1. The Morgan fingerprint density at radius 3 is 2.71 bits per heavy atom. The summed E-state index contributed by atoms with van der Waals surface area (Å²) in [4.78, 5) is 25.0. The lowest BCUT2D eigenvalue weighted by Gasteiger charge is -2.21. The Balaban J connectivity index is 2.30. The summed E-state index contributed by atoms with van der Waals surface area (Å²) in [5.41, 5.74) is 0.772. The first-order chi connectivity index (χ1) is 9.93. The first-order valence-corrected chi connectivity index (χ1v) is 7.27. The van der Waals surface area contributed by atoms with Crippen molar-refractivity contribution >= 4 is 17.3 Å². The van der Waals surface area contributed by atoms with E-state index in [1.807, 2.05) is 13.8 Å². The highest BCUT2D eigenvalue weighted by Crippen LogP contribution is 2.29. The second kappa shape index (κ2) is 6.11. The van der Waals surface area contributed by atoms with Crippen molar-refractivity contribution in [3.05, 3.63) is 33.9 Å². The van der Waals surface area contributed by atoms with Crippen molar-refractivity contribution in [1.82, 2.24) is 4.90 Å². The van der Waals surface area contributed by atoms with Crippen molar-refractivity contribution in [3.8, 4) is 0 Å². The average Bonchev–Trinajstić information content (AvgIpc) is 2.77. The van der Waals surface area contributed by atoms with Crippen molar-refractivity contribution in [1.29, 1.82) is 0 Å². The maximum Gasteiger partial charge on any atom is 0.293 e. The fraction of sp³-hybridized carbons (Fsp3) is 0.533. The zero-order valence-electron chi connectivity index (χ0n) is 12.6. The van der Waals surface area contributed by atoms with Crippen molar-refractivity contribution in [3.63, 3.8) is 0 Å². The number of hydrogen-bond acceptors (Lipinski definition) is 4. The van der Waals surface area contributed by atoms with Crippen LogP contribution in [0, 0.1) is 16.0 Å². The molecular weight excluding hydrogens is 270 g/mol. The van der Waals surface area contributed by atoms with E-state index in [1.165, 1.54) is 6.07 Å². The van der Waals surface area contributed by atoms with Gasteiger partial charge in [0.15, 0.2) is 0 Å². The Labute approximate surface area is 124 Å². The summed E-state index contributed by atoms with van der Waals surface area (Å²) < 4.78 is 0. The van der Waals surface area contributed by atoms with E-state index in [1.54, 1.807) is 17.0 Å². The molecule has 0 aromatic heterocycles. The van der Waals surface area contributed by atoms with Gasteiger partial charge in [-0.25, -0.2) is 0 Å². The van der Waals surface area contributed by atoms with Gasteiger partial charge in [0.2, 0.25) is 0 Å². The van der Waals surface area contributed by atoms with Crippen molar-refractivity contribution < 1.29 is 9.72 Å². The molecular formula is C15H21N3O3. The van der Waals surface area contributed by atoms with Gasteiger partial charge in [-0.2, -0.15) is 0 Å². The highest BCUT2D eigenvalue weighted by atomic mass is 16.6. The monoisotopic (exact) mass is 291 g/mol. The van der Waals surface area contributed by atoms with Gasteiger partial charge in [0.25, 0.3) is 11.6 Å². The third kappa shape index (κ3) is 3.15. The molecule has 1 N–H and O–H groups in total. The first kappa shape index (κ1) is 15.3. The van der Waals surface area contributed by atoms with Gasteiger partial charge in [0.05, 0.1) is 4.92 Å². The van der Waals surface area contributed by atoms with Crippen LogP contribution in [-0.4, -0.2) is 34.9 Å². The SMILES string of the molecule is CCNc1ccc(C(=O)N2CC(C)CC2C)cc1[N+](=O)[O-]. The maximum atomic E-state index is 12.5. The number of carbonyl (C=O) groups is 1. The summed E-state index contributed by atoms with van der Waals surface area (Å²) in [5, 5.41) is 14.1. The lowest BCUT2D eigenvalue weighted by Crippen LogP contribution is -2.34. The van der Waals surface area contributed by atoms with Gasteiger partial charge >= 0.3 is 0 Å². The van der Waals surface area contributed by atoms with E-state index in [2.05, 4.69) is 12.2 Å². The van der Waals surface area contributed by atoms with Crippen molar-refractivity contribution in [2.24, 2.45) is 5.92 Å². The third-order valence-electron chi connectivity index (χ3n) is 3.85. The van der Waals surface area contributed by atoms with E-state index >= 15 is 0 Å². The van der Waals surface area contributed by atoms with Crippen LogP contribution in [-0.2, 0) is 0 Å². The molecule has 6 nitrogen and oxygen atoms in total. The van der Waals surface area contributed by atoms with Crippen LogP contribution in [0.25, 0.3) is 0 Å². The number of carbonyl (C=O) groups excluding carboxylic acids is 1. The van der Waals surface area contributed by atoms with Crippen LogP contribution in [0.4, 0.5) is 11.4 Å². The molecule has 1 fully saturated rings. The number of rotatable bonds is 4. The largest absolute Gasteiger partial charge is 0.380 e. The van der Waals surface area contributed by atoms with E-state index in [9.17, 15) is 14.9 Å². The summed E-state index contributed by atoms with van der Waals surface area (Å²) >= 11 is 0. The second-order valence-electron chi connectivity index (χ2n) is 5.67. The molecule has 0 spiro atoms. The minimum atomic E-state index is -0.454. The Kier molecular flexibility index (Phi) is 4.45. The molecule has 1 amide bonds. The van der Waals surface area contributed by atoms with Crippen LogP contribution in [0.1, 0.15) is 37.6 Å². The highest BCUT2D eigenvalue weighted by molar-refractivity contribution is 5.96. The van der Waals surface area contributed by atoms with Crippen LogP contribution in [0.2, 0.25) is 0 Å². The van der Waals surface area contributed by atoms with Gasteiger partial charge in [-0.1, -0.05) is 6.92 Å². The first-order valence-electron chi connectivity index (χ1n) is 7.27. The van der Waals surface area contributed by atoms with Crippen molar-refractivity contribution in [2.75, 3.05) is 18.4 Å². The predicted octanol–water partition coefficient (Wildman–Crippen LogP) is 2.90. The Morgan fingerprint density at radius 2 is 2.19 bits per heavy atom. The summed E-state index contributed by atoms with van der Waals surface area (Å²) in [6.45, 7) is 7.30. The van der Waals surface area contributed by atoms with Gasteiger partial charge in [-0.3, -0.25) is 14.9 Å². The molecule has 0 radical (unpaired) electrons. The zero-order valence-corrected chi connectivity index (χ0v) is 12.6. The minimum Gasteiger partial charge on any atom is -0.380 e. The van der Waals surface area contributed by atoms with Crippen LogP contribution in [0.5, 0.6) is 0 Å². The van der Waals surface area contributed by atoms with Gasteiger partial charge in [-0.05, 0) is 38.3 Å². The summed E-state index contributed by atoms with van der Waals surface area (Å²) in [6.07, 6.45) is 0.976. The molecule has 1 aromatic rings. The van der Waals surface area contributed by atoms with Crippen molar-refractivity contribution in [2.45, 2.75) is 33.2 Å². The molecule has 114 valence electrons. The second-order valence-corrected chi connectivity index (χ2v) is 5.67. The van der Waals surface area contributed by atoms with E-state index < -0.39 is 4.92 Å². The van der Waals surface area contributed by atoms with Crippen LogP contribution in [0.3, 0.4) is 0 Å². The average molecular weight is 291 g/mol. The number of anilines is 1. The standard InChI is InChI=1S/C15H21N3O3/c1-4-16-13-6-5-12(8-14(13)18(20)21)15(19)17-9-10(2)7-11(17)3/h5-6,8,10-11,16H,4,7,9H2,1-3H3. The van der Waals surface area contributed by atoms with Gasteiger partial charge in [0, 0.05) is 30.8 Å². The van der Waals surface area contributed by atoms with E-state index in [-0.39, 0.29) is 17.6 Å². The molecule has 1 aliphatic heterocycles. The maximum absolute atomic E-state index is 12.5. The molecule has 0 bridgehead atoms. The van der Waals surface area contributed by atoms with Gasteiger partial charge in [-0.15, -0.1) is 0 Å². The number of nitro groups is 1. The Morgan fingerprint density at radius 1 is 1.48 bits per heavy atom. The fourth-order valence-electron chi connectivity index (χ4n) is 2.90. The smallest absolute Gasteiger partial charge is 0.293 e. The minimum absolute atomic E-state index is 0.0531. The molecule has 2 atom stereocenters. The molecule has 1 saturated heterocycles. The topological polar surface area (TPSA) is 75.5 Å². The summed E-state index contributed by atoms with van der Waals surface area (Å²) in [5.74, 6) is 0.345. The predicted molar refractivity (Wildman–Crippen MR) is 81.5 cm³/mol. The Bertz CT molecular complexity index is 559. The van der Waals surface area contributed by atoms with Crippen LogP contribution < -0.4 is 5.32 Å². The van der Waals surface area contributed by atoms with Gasteiger partial charge in [0.1, 0.15) is 5.69 Å². The zero-order chi connectivity index (χ0) is 15.6. The number of benzene rings is 1. The van der Waals surface area contributed by atoms with E-state index in [0.717, 1.165) is 6.42 Å². The molecule has 0 aliphatic carbocycles. The highest BCUT2D eigenvalue weighted by Gasteiger charge is 2.31. The molecule has 2 rings (SSSR count).